The van der Waals surface area contributed by atoms with Gasteiger partial charge in [-0.2, -0.15) is 5.10 Å². The van der Waals surface area contributed by atoms with Crippen LogP contribution in [0.15, 0.2) is 41.6 Å². The van der Waals surface area contributed by atoms with E-state index >= 15 is 0 Å². The summed E-state index contributed by atoms with van der Waals surface area (Å²) in [6.07, 6.45) is 3.46. The van der Waals surface area contributed by atoms with Gasteiger partial charge in [0.25, 0.3) is 0 Å². The van der Waals surface area contributed by atoms with E-state index < -0.39 is 10.0 Å². The number of hydrogen-bond donors (Lipinski definition) is 2. The Bertz CT molecular complexity index is 696. The zero-order valence-electron chi connectivity index (χ0n) is 12.2. The Morgan fingerprint density at radius 1 is 1.43 bits per heavy atom. The summed E-state index contributed by atoms with van der Waals surface area (Å²) in [5.74, 6) is 0. The minimum Gasteiger partial charge on any atom is -0.326 e. The zero-order valence-corrected chi connectivity index (χ0v) is 13.0. The number of rotatable bonds is 6. The third kappa shape index (κ3) is 3.90. The van der Waals surface area contributed by atoms with Gasteiger partial charge in [-0.05, 0) is 43.2 Å². The van der Waals surface area contributed by atoms with Crippen LogP contribution in [-0.2, 0) is 23.1 Å². The highest BCUT2D eigenvalue weighted by molar-refractivity contribution is 7.89. The second kappa shape index (κ2) is 6.38. The van der Waals surface area contributed by atoms with Crippen LogP contribution >= 0.6 is 0 Å². The molecule has 3 N–H and O–H groups in total. The molecular weight excluding hydrogens is 288 g/mol. The number of aryl methyl sites for hydroxylation is 1. The first-order chi connectivity index (χ1) is 9.92. The number of aromatic nitrogens is 2. The van der Waals surface area contributed by atoms with E-state index in [2.05, 4.69) is 9.82 Å². The highest BCUT2D eigenvalue weighted by Gasteiger charge is 2.18. The van der Waals surface area contributed by atoms with E-state index in [9.17, 15) is 8.42 Å². The fourth-order valence-electron chi connectivity index (χ4n) is 2.12. The first-order valence-electron chi connectivity index (χ1n) is 6.71. The quantitative estimate of drug-likeness (QED) is 0.833. The van der Waals surface area contributed by atoms with E-state index in [1.54, 1.807) is 48.3 Å². The Kier molecular flexibility index (Phi) is 4.76. The molecule has 0 aliphatic rings. The van der Waals surface area contributed by atoms with E-state index in [0.717, 1.165) is 11.1 Å². The molecule has 1 aromatic heterocycles. The molecule has 0 radical (unpaired) electrons. The lowest BCUT2D eigenvalue weighted by Crippen LogP contribution is -2.35. The molecule has 7 heteroatoms. The Labute approximate surface area is 125 Å². The summed E-state index contributed by atoms with van der Waals surface area (Å²) in [5, 5.41) is 4.06. The van der Waals surface area contributed by atoms with Gasteiger partial charge in [0.15, 0.2) is 0 Å². The number of benzene rings is 1. The SMILES string of the molecule is Cc1cc(S(=O)(=O)NC(C)Cn2cccn2)ccc1CN. The average Bonchev–Trinajstić information content (AvgIpc) is 2.90. The third-order valence-corrected chi connectivity index (χ3v) is 4.81. The number of sulfonamides is 1. The van der Waals surface area contributed by atoms with Crippen molar-refractivity contribution >= 4 is 10.0 Å². The van der Waals surface area contributed by atoms with Crippen molar-refractivity contribution in [2.75, 3.05) is 0 Å². The second-order valence-corrected chi connectivity index (χ2v) is 6.76. The molecule has 6 nitrogen and oxygen atoms in total. The maximum atomic E-state index is 12.4. The van der Waals surface area contributed by atoms with E-state index in [0.29, 0.717) is 13.1 Å². The maximum absolute atomic E-state index is 12.4. The second-order valence-electron chi connectivity index (χ2n) is 5.04. The van der Waals surface area contributed by atoms with Crippen molar-refractivity contribution in [1.82, 2.24) is 14.5 Å². The highest BCUT2D eigenvalue weighted by Crippen LogP contribution is 2.15. The molecule has 2 aromatic rings. The van der Waals surface area contributed by atoms with E-state index in [4.69, 9.17) is 5.73 Å². The molecule has 0 aliphatic heterocycles. The summed E-state index contributed by atoms with van der Waals surface area (Å²) in [4.78, 5) is 0.254. The van der Waals surface area contributed by atoms with Gasteiger partial charge < -0.3 is 5.73 Å². The maximum Gasteiger partial charge on any atom is 0.240 e. The topological polar surface area (TPSA) is 90.0 Å². The monoisotopic (exact) mass is 308 g/mol. The molecule has 1 aromatic carbocycles. The standard InChI is InChI=1S/C14H20N4O2S/c1-11-8-14(5-4-13(11)9-15)21(19,20)17-12(2)10-18-7-3-6-16-18/h3-8,12,17H,9-10,15H2,1-2H3. The molecule has 0 spiro atoms. The van der Waals surface area contributed by atoms with Crippen LogP contribution in [0.2, 0.25) is 0 Å². The predicted octanol–water partition coefficient (Wildman–Crippen LogP) is 1.02. The lowest BCUT2D eigenvalue weighted by molar-refractivity contribution is 0.494. The van der Waals surface area contributed by atoms with Gasteiger partial charge in [0, 0.05) is 25.0 Å². The molecule has 0 saturated carbocycles. The third-order valence-electron chi connectivity index (χ3n) is 3.22. The lowest BCUT2D eigenvalue weighted by atomic mass is 10.1. The summed E-state index contributed by atoms with van der Waals surface area (Å²) in [6, 6.07) is 6.52. The van der Waals surface area contributed by atoms with Crippen molar-refractivity contribution < 1.29 is 8.42 Å². The predicted molar refractivity (Wildman–Crippen MR) is 81.1 cm³/mol. The van der Waals surface area contributed by atoms with Gasteiger partial charge in [0.1, 0.15) is 0 Å². The Balaban J connectivity index is 2.12. The normalized spacial score (nSPS) is 13.3. The van der Waals surface area contributed by atoms with E-state index in [1.807, 2.05) is 6.92 Å². The van der Waals surface area contributed by atoms with Crippen LogP contribution in [0.1, 0.15) is 18.1 Å². The molecule has 0 bridgehead atoms. The largest absolute Gasteiger partial charge is 0.326 e. The minimum atomic E-state index is -3.54. The number of nitrogens with one attached hydrogen (secondary N) is 1. The molecular formula is C14H20N4O2S. The van der Waals surface area contributed by atoms with Gasteiger partial charge in [0.2, 0.25) is 10.0 Å². The molecule has 1 heterocycles. The smallest absolute Gasteiger partial charge is 0.240 e. The summed E-state index contributed by atoms with van der Waals surface area (Å²) < 4.78 is 29.0. The van der Waals surface area contributed by atoms with Crippen LogP contribution in [0.5, 0.6) is 0 Å². The van der Waals surface area contributed by atoms with E-state index in [-0.39, 0.29) is 10.9 Å². The molecule has 0 fully saturated rings. The Morgan fingerprint density at radius 2 is 2.19 bits per heavy atom. The van der Waals surface area contributed by atoms with Crippen molar-refractivity contribution in [2.45, 2.75) is 37.9 Å². The molecule has 1 unspecified atom stereocenters. The van der Waals surface area contributed by atoms with Crippen LogP contribution in [0.25, 0.3) is 0 Å². The summed E-state index contributed by atoms with van der Waals surface area (Å²) in [5.41, 5.74) is 7.41. The van der Waals surface area contributed by atoms with Crippen molar-refractivity contribution in [3.63, 3.8) is 0 Å². The number of hydrogen-bond acceptors (Lipinski definition) is 4. The Morgan fingerprint density at radius 3 is 2.76 bits per heavy atom. The van der Waals surface area contributed by atoms with Crippen molar-refractivity contribution in [3.05, 3.63) is 47.8 Å². The van der Waals surface area contributed by atoms with E-state index in [1.165, 1.54) is 0 Å². The summed E-state index contributed by atoms with van der Waals surface area (Å²) in [7, 11) is -3.54. The molecule has 0 saturated heterocycles. The fourth-order valence-corrected chi connectivity index (χ4v) is 3.44. The van der Waals surface area contributed by atoms with Crippen LogP contribution < -0.4 is 10.5 Å². The molecule has 1 atom stereocenters. The molecule has 0 aliphatic carbocycles. The fraction of sp³-hybridized carbons (Fsp3) is 0.357. The summed E-state index contributed by atoms with van der Waals surface area (Å²) in [6.45, 7) is 4.54. The van der Waals surface area contributed by atoms with Gasteiger partial charge in [-0.25, -0.2) is 13.1 Å². The van der Waals surface area contributed by atoms with Crippen molar-refractivity contribution in [3.8, 4) is 0 Å². The van der Waals surface area contributed by atoms with Crippen LogP contribution in [-0.4, -0.2) is 24.2 Å². The van der Waals surface area contributed by atoms with Gasteiger partial charge in [-0.1, -0.05) is 6.07 Å². The first kappa shape index (κ1) is 15.7. The molecule has 2 rings (SSSR count). The Hall–Kier alpha value is -1.70. The van der Waals surface area contributed by atoms with Crippen LogP contribution in [0, 0.1) is 6.92 Å². The number of nitrogens with two attached hydrogens (primary N) is 1. The van der Waals surface area contributed by atoms with Crippen molar-refractivity contribution in [2.24, 2.45) is 5.73 Å². The summed E-state index contributed by atoms with van der Waals surface area (Å²) >= 11 is 0. The zero-order chi connectivity index (χ0) is 15.5. The highest BCUT2D eigenvalue weighted by atomic mass is 32.2. The van der Waals surface area contributed by atoms with Crippen LogP contribution in [0.3, 0.4) is 0 Å². The minimum absolute atomic E-state index is 0.254. The van der Waals surface area contributed by atoms with Gasteiger partial charge >= 0.3 is 0 Å². The molecule has 114 valence electrons. The first-order valence-corrected chi connectivity index (χ1v) is 8.20. The van der Waals surface area contributed by atoms with Gasteiger partial charge in [-0.3, -0.25) is 4.68 Å². The number of nitrogens with zero attached hydrogens (tertiary/aromatic N) is 2. The van der Waals surface area contributed by atoms with Crippen molar-refractivity contribution in [1.29, 1.82) is 0 Å². The van der Waals surface area contributed by atoms with Gasteiger partial charge in [-0.15, -0.1) is 0 Å². The lowest BCUT2D eigenvalue weighted by Gasteiger charge is -2.15. The van der Waals surface area contributed by atoms with Gasteiger partial charge in [0.05, 0.1) is 11.4 Å². The molecule has 0 amide bonds. The average molecular weight is 308 g/mol. The van der Waals surface area contributed by atoms with Crippen LogP contribution in [0.4, 0.5) is 0 Å². The molecule has 21 heavy (non-hydrogen) atoms.